The molecule has 1 aromatic rings. The van der Waals surface area contributed by atoms with Gasteiger partial charge in [-0.25, -0.2) is 0 Å². The molecule has 1 aromatic heterocycles. The molecule has 110 valence electrons. The maximum atomic E-state index is 12.6. The normalized spacial score (nSPS) is 18.9. The van der Waals surface area contributed by atoms with Crippen molar-refractivity contribution < 1.29 is 9.59 Å². The Hall–Kier alpha value is -2.05. The number of nitrogens with zero attached hydrogens (tertiary/aromatic N) is 2. The Kier molecular flexibility index (Phi) is 4.26. The van der Waals surface area contributed by atoms with Gasteiger partial charge in [-0.15, -0.1) is 0 Å². The molecular weight excluding hydrogens is 258 g/mol. The van der Waals surface area contributed by atoms with Gasteiger partial charge in [0.1, 0.15) is 6.04 Å². The first-order chi connectivity index (χ1) is 9.60. The number of anilines is 1. The quantitative estimate of drug-likeness (QED) is 0.740. The van der Waals surface area contributed by atoms with E-state index in [9.17, 15) is 9.59 Å². The molecule has 0 aliphatic carbocycles. The van der Waals surface area contributed by atoms with E-state index in [1.807, 2.05) is 6.92 Å². The molecule has 0 saturated carbocycles. The number of rotatable bonds is 3. The Balaban J connectivity index is 2.25. The Morgan fingerprint density at radius 2 is 2.25 bits per heavy atom. The second-order valence-electron chi connectivity index (χ2n) is 4.94. The average molecular weight is 279 g/mol. The molecule has 0 aromatic carbocycles. The topological polar surface area (TPSA) is 104 Å². The number of aromatic amines is 1. The highest BCUT2D eigenvalue weighted by Crippen LogP contribution is 2.22. The number of likely N-dealkylation sites (tertiary alicyclic amines) is 1. The van der Waals surface area contributed by atoms with E-state index in [1.54, 1.807) is 11.9 Å². The molecule has 1 saturated heterocycles. The van der Waals surface area contributed by atoms with E-state index >= 15 is 0 Å². The number of hydrogen-bond acceptors (Lipinski definition) is 4. The second-order valence-corrected chi connectivity index (χ2v) is 4.94. The Bertz CT molecular complexity index is 511. The molecule has 1 atom stereocenters. The molecule has 1 aliphatic rings. The van der Waals surface area contributed by atoms with Crippen molar-refractivity contribution in [2.75, 3.05) is 19.3 Å². The van der Waals surface area contributed by atoms with Crippen LogP contribution in [0.15, 0.2) is 0 Å². The van der Waals surface area contributed by atoms with Gasteiger partial charge in [0, 0.05) is 13.6 Å². The molecule has 7 heteroatoms. The van der Waals surface area contributed by atoms with E-state index in [-0.39, 0.29) is 17.5 Å². The summed E-state index contributed by atoms with van der Waals surface area (Å²) in [5, 5.41) is 9.40. The molecule has 1 fully saturated rings. The predicted molar refractivity (Wildman–Crippen MR) is 75.1 cm³/mol. The van der Waals surface area contributed by atoms with E-state index in [4.69, 9.17) is 5.73 Å². The van der Waals surface area contributed by atoms with Gasteiger partial charge in [-0.3, -0.25) is 14.7 Å². The number of nitrogens with one attached hydrogen (secondary N) is 2. The summed E-state index contributed by atoms with van der Waals surface area (Å²) >= 11 is 0. The van der Waals surface area contributed by atoms with Crippen molar-refractivity contribution in [1.82, 2.24) is 20.4 Å². The fraction of sp³-hybridized carbons (Fsp3) is 0.615. The van der Waals surface area contributed by atoms with Crippen molar-refractivity contribution in [3.05, 3.63) is 11.4 Å². The van der Waals surface area contributed by atoms with E-state index in [1.165, 1.54) is 0 Å². The highest BCUT2D eigenvalue weighted by molar-refractivity contribution is 6.00. The zero-order chi connectivity index (χ0) is 14.7. The monoisotopic (exact) mass is 279 g/mol. The van der Waals surface area contributed by atoms with Gasteiger partial charge >= 0.3 is 0 Å². The lowest BCUT2D eigenvalue weighted by Crippen LogP contribution is -2.51. The summed E-state index contributed by atoms with van der Waals surface area (Å²) in [5.41, 5.74) is 7.29. The number of aryl methyl sites for hydroxylation is 1. The maximum Gasteiger partial charge on any atom is 0.277 e. The van der Waals surface area contributed by atoms with Crippen molar-refractivity contribution in [3.63, 3.8) is 0 Å². The van der Waals surface area contributed by atoms with E-state index in [0.717, 1.165) is 18.5 Å². The second kappa shape index (κ2) is 5.94. The van der Waals surface area contributed by atoms with Gasteiger partial charge in [-0.2, -0.15) is 5.10 Å². The predicted octanol–water partition coefficient (Wildman–Crippen LogP) is 0.295. The van der Waals surface area contributed by atoms with E-state index in [2.05, 4.69) is 15.5 Å². The summed E-state index contributed by atoms with van der Waals surface area (Å²) in [7, 11) is 1.58. The molecule has 2 amide bonds. The number of H-pyrrole nitrogens is 1. The molecule has 20 heavy (non-hydrogen) atoms. The molecule has 0 spiro atoms. The van der Waals surface area contributed by atoms with Crippen LogP contribution >= 0.6 is 0 Å². The first-order valence-corrected chi connectivity index (χ1v) is 6.95. The van der Waals surface area contributed by atoms with Crippen LogP contribution in [0.1, 0.15) is 42.4 Å². The number of amides is 2. The van der Waals surface area contributed by atoms with Gasteiger partial charge in [-0.1, -0.05) is 6.92 Å². The first-order valence-electron chi connectivity index (χ1n) is 6.95. The molecule has 4 N–H and O–H groups in total. The lowest BCUT2D eigenvalue weighted by molar-refractivity contribution is -0.126. The van der Waals surface area contributed by atoms with Gasteiger partial charge in [0.2, 0.25) is 5.91 Å². The third-order valence-electron chi connectivity index (χ3n) is 3.75. The summed E-state index contributed by atoms with van der Waals surface area (Å²) in [4.78, 5) is 26.0. The van der Waals surface area contributed by atoms with E-state index in [0.29, 0.717) is 25.1 Å². The van der Waals surface area contributed by atoms with Crippen LogP contribution in [0, 0.1) is 0 Å². The van der Waals surface area contributed by atoms with Crippen LogP contribution in [-0.4, -0.2) is 46.5 Å². The Morgan fingerprint density at radius 3 is 2.85 bits per heavy atom. The van der Waals surface area contributed by atoms with Gasteiger partial charge in [0.15, 0.2) is 5.69 Å². The van der Waals surface area contributed by atoms with Crippen molar-refractivity contribution in [2.24, 2.45) is 0 Å². The highest BCUT2D eigenvalue weighted by Gasteiger charge is 2.34. The minimum Gasteiger partial charge on any atom is -0.395 e. The summed E-state index contributed by atoms with van der Waals surface area (Å²) in [6, 6.07) is -0.428. The van der Waals surface area contributed by atoms with Crippen molar-refractivity contribution in [1.29, 1.82) is 0 Å². The zero-order valence-corrected chi connectivity index (χ0v) is 11.9. The van der Waals surface area contributed by atoms with Crippen LogP contribution in [-0.2, 0) is 11.2 Å². The summed E-state index contributed by atoms with van der Waals surface area (Å²) in [5.74, 6) is -0.408. The smallest absolute Gasteiger partial charge is 0.277 e. The molecule has 0 bridgehead atoms. The van der Waals surface area contributed by atoms with Gasteiger partial charge in [0.05, 0.1) is 11.4 Å². The van der Waals surface area contributed by atoms with Crippen molar-refractivity contribution in [3.8, 4) is 0 Å². The summed E-state index contributed by atoms with van der Waals surface area (Å²) < 4.78 is 0. The van der Waals surface area contributed by atoms with Crippen molar-refractivity contribution >= 4 is 17.5 Å². The fourth-order valence-corrected chi connectivity index (χ4v) is 2.57. The standard InChI is InChI=1S/C13H21N5O2/c1-3-8-10(14)11(17-16-8)13(20)18-7-5-4-6-9(18)12(19)15-2/h9H,3-7,14H2,1-2H3,(H,15,19)(H,16,17). The number of nitrogen functional groups attached to an aromatic ring is 1. The molecule has 1 aliphatic heterocycles. The molecular formula is C13H21N5O2. The van der Waals surface area contributed by atoms with Crippen LogP contribution in [0.5, 0.6) is 0 Å². The number of hydrogen-bond donors (Lipinski definition) is 3. The van der Waals surface area contributed by atoms with Crippen molar-refractivity contribution in [2.45, 2.75) is 38.6 Å². The van der Waals surface area contributed by atoms with Crippen LogP contribution in [0.3, 0.4) is 0 Å². The molecule has 0 radical (unpaired) electrons. The molecule has 1 unspecified atom stereocenters. The SMILES string of the molecule is CCc1[nH]nc(C(=O)N2CCCCC2C(=O)NC)c1N. The van der Waals surface area contributed by atoms with Crippen LogP contribution in [0.2, 0.25) is 0 Å². The summed E-state index contributed by atoms with van der Waals surface area (Å²) in [6.45, 7) is 2.50. The minimum absolute atomic E-state index is 0.136. The third-order valence-corrected chi connectivity index (χ3v) is 3.75. The molecule has 7 nitrogen and oxygen atoms in total. The largest absolute Gasteiger partial charge is 0.395 e. The van der Waals surface area contributed by atoms with Gasteiger partial charge < -0.3 is 16.0 Å². The zero-order valence-electron chi connectivity index (χ0n) is 11.9. The number of likely N-dealkylation sites (N-methyl/N-ethyl adjacent to an activating group) is 1. The number of carbonyl (C=O) groups excluding carboxylic acids is 2. The minimum atomic E-state index is -0.428. The maximum absolute atomic E-state index is 12.6. The van der Waals surface area contributed by atoms with E-state index < -0.39 is 6.04 Å². The van der Waals surface area contributed by atoms with Gasteiger partial charge in [-0.05, 0) is 25.7 Å². The summed E-state index contributed by atoms with van der Waals surface area (Å²) in [6.07, 6.45) is 3.20. The highest BCUT2D eigenvalue weighted by atomic mass is 16.2. The fourth-order valence-electron chi connectivity index (χ4n) is 2.57. The van der Waals surface area contributed by atoms with Crippen LogP contribution < -0.4 is 11.1 Å². The van der Waals surface area contributed by atoms with Gasteiger partial charge in [0.25, 0.3) is 5.91 Å². The number of carbonyl (C=O) groups is 2. The Morgan fingerprint density at radius 1 is 1.50 bits per heavy atom. The third kappa shape index (κ3) is 2.48. The molecule has 2 heterocycles. The molecule has 2 rings (SSSR count). The lowest BCUT2D eigenvalue weighted by atomic mass is 10.0. The average Bonchev–Trinajstić information content (AvgIpc) is 2.86. The van der Waals surface area contributed by atoms with Crippen LogP contribution in [0.25, 0.3) is 0 Å². The number of aromatic nitrogens is 2. The number of nitrogens with two attached hydrogens (primary N) is 1. The van der Waals surface area contributed by atoms with Crippen LogP contribution in [0.4, 0.5) is 5.69 Å². The number of piperidine rings is 1. The Labute approximate surface area is 117 Å². The first kappa shape index (κ1) is 14.4. The lowest BCUT2D eigenvalue weighted by Gasteiger charge is -2.34.